The fourth-order valence-electron chi connectivity index (χ4n) is 3.00. The molecule has 1 unspecified atom stereocenters. The van der Waals surface area contributed by atoms with Gasteiger partial charge < -0.3 is 14.5 Å². The molecule has 24 heavy (non-hydrogen) atoms. The lowest BCUT2D eigenvalue weighted by atomic mass is 10.2. The number of hydrogen-bond donors (Lipinski definition) is 1. The predicted molar refractivity (Wildman–Crippen MR) is 99.2 cm³/mol. The minimum atomic E-state index is -0.0217. The van der Waals surface area contributed by atoms with Gasteiger partial charge in [-0.05, 0) is 0 Å². The molecule has 140 valence electrons. The maximum atomic E-state index is 12.3. The number of hydrogen-bond acceptors (Lipinski definition) is 6. The van der Waals surface area contributed by atoms with Crippen molar-refractivity contribution in [3.05, 3.63) is 0 Å². The fraction of sp³-hybridized carbons (Fsp3) is 0.857. The van der Waals surface area contributed by atoms with Crippen molar-refractivity contribution in [2.45, 2.75) is 6.04 Å². The normalized spacial score (nSPS) is 24.9. The van der Waals surface area contributed by atoms with E-state index in [1.54, 1.807) is 11.8 Å². The van der Waals surface area contributed by atoms with Crippen molar-refractivity contribution in [1.82, 2.24) is 20.0 Å². The molecule has 0 saturated carbocycles. The number of morpholine rings is 1. The second-order valence-corrected chi connectivity index (χ2v) is 6.90. The van der Waals surface area contributed by atoms with Crippen LogP contribution in [0.1, 0.15) is 0 Å². The van der Waals surface area contributed by atoms with Crippen LogP contribution in [0.4, 0.5) is 0 Å². The largest absolute Gasteiger partial charge is 0.378 e. The molecular formula is C14H26Cl2N4O3S. The van der Waals surface area contributed by atoms with Crippen molar-refractivity contribution in [2.75, 3.05) is 70.7 Å². The van der Waals surface area contributed by atoms with Crippen LogP contribution in [0.5, 0.6) is 0 Å². The Hall–Kier alpha value is -0.250. The Morgan fingerprint density at radius 2 is 1.67 bits per heavy atom. The van der Waals surface area contributed by atoms with Crippen molar-refractivity contribution < 1.29 is 14.3 Å². The highest BCUT2D eigenvalue weighted by atomic mass is 35.5. The van der Waals surface area contributed by atoms with Crippen molar-refractivity contribution in [3.8, 4) is 0 Å². The van der Waals surface area contributed by atoms with Crippen LogP contribution in [-0.2, 0) is 14.3 Å². The molecule has 2 amide bonds. The molecule has 0 bridgehead atoms. The number of ether oxygens (including phenoxy) is 1. The third-order valence-electron chi connectivity index (χ3n) is 4.42. The van der Waals surface area contributed by atoms with E-state index in [-0.39, 0.29) is 42.7 Å². The highest BCUT2D eigenvalue weighted by molar-refractivity contribution is 7.99. The first-order valence-electron chi connectivity index (χ1n) is 7.92. The van der Waals surface area contributed by atoms with Crippen molar-refractivity contribution >= 4 is 48.4 Å². The Labute approximate surface area is 159 Å². The molecule has 3 aliphatic rings. The Balaban J connectivity index is 0.00000144. The van der Waals surface area contributed by atoms with Gasteiger partial charge in [0.05, 0.1) is 25.8 Å². The second-order valence-electron chi connectivity index (χ2n) is 5.87. The molecular weight excluding hydrogens is 375 g/mol. The maximum absolute atomic E-state index is 12.3. The molecule has 0 aliphatic carbocycles. The SMILES string of the molecule is Cl.Cl.O=C(CN1CCN(C(=O)C2CSCN2)CC1)N1CCOCC1. The Morgan fingerprint density at radius 3 is 2.25 bits per heavy atom. The average Bonchev–Trinajstić information content (AvgIpc) is 3.10. The van der Waals surface area contributed by atoms with Gasteiger partial charge in [0, 0.05) is 50.9 Å². The van der Waals surface area contributed by atoms with Gasteiger partial charge >= 0.3 is 0 Å². The summed E-state index contributed by atoms with van der Waals surface area (Å²) in [6.45, 7) is 6.13. The van der Waals surface area contributed by atoms with Gasteiger partial charge in [0.1, 0.15) is 0 Å². The van der Waals surface area contributed by atoms with E-state index in [0.717, 1.165) is 37.8 Å². The lowest BCUT2D eigenvalue weighted by Gasteiger charge is -2.36. The van der Waals surface area contributed by atoms with Crippen LogP contribution in [0.25, 0.3) is 0 Å². The van der Waals surface area contributed by atoms with Crippen LogP contribution < -0.4 is 5.32 Å². The number of thioether (sulfide) groups is 1. The summed E-state index contributed by atoms with van der Waals surface area (Å²) in [5.41, 5.74) is 0. The molecule has 0 aromatic rings. The number of carbonyl (C=O) groups is 2. The van der Waals surface area contributed by atoms with Crippen LogP contribution in [0.3, 0.4) is 0 Å². The summed E-state index contributed by atoms with van der Waals surface area (Å²) < 4.78 is 5.27. The Kier molecular flexibility index (Phi) is 9.69. The molecule has 3 aliphatic heterocycles. The summed E-state index contributed by atoms with van der Waals surface area (Å²) in [4.78, 5) is 30.5. The van der Waals surface area contributed by atoms with E-state index in [2.05, 4.69) is 10.2 Å². The van der Waals surface area contributed by atoms with E-state index in [4.69, 9.17) is 4.74 Å². The molecule has 0 radical (unpaired) electrons. The molecule has 0 spiro atoms. The highest BCUT2D eigenvalue weighted by Crippen LogP contribution is 2.13. The van der Waals surface area contributed by atoms with Gasteiger partial charge in [-0.1, -0.05) is 0 Å². The van der Waals surface area contributed by atoms with E-state index in [9.17, 15) is 9.59 Å². The van der Waals surface area contributed by atoms with Crippen molar-refractivity contribution in [2.24, 2.45) is 0 Å². The zero-order chi connectivity index (χ0) is 15.4. The van der Waals surface area contributed by atoms with Crippen LogP contribution in [0, 0.1) is 0 Å². The van der Waals surface area contributed by atoms with Gasteiger partial charge in [-0.3, -0.25) is 19.8 Å². The van der Waals surface area contributed by atoms with Crippen LogP contribution in [0.2, 0.25) is 0 Å². The van der Waals surface area contributed by atoms with Gasteiger partial charge in [0.2, 0.25) is 11.8 Å². The number of rotatable bonds is 3. The monoisotopic (exact) mass is 400 g/mol. The third-order valence-corrected chi connectivity index (χ3v) is 5.36. The highest BCUT2D eigenvalue weighted by Gasteiger charge is 2.30. The fourth-order valence-corrected chi connectivity index (χ4v) is 3.94. The average molecular weight is 401 g/mol. The van der Waals surface area contributed by atoms with E-state index >= 15 is 0 Å². The minimum Gasteiger partial charge on any atom is -0.378 e. The molecule has 3 heterocycles. The molecule has 3 fully saturated rings. The van der Waals surface area contributed by atoms with Gasteiger partial charge in [-0.25, -0.2) is 0 Å². The van der Waals surface area contributed by atoms with Crippen molar-refractivity contribution in [1.29, 1.82) is 0 Å². The summed E-state index contributed by atoms with van der Waals surface area (Å²) in [7, 11) is 0. The first-order valence-corrected chi connectivity index (χ1v) is 9.07. The lowest BCUT2D eigenvalue weighted by Crippen LogP contribution is -2.55. The lowest BCUT2D eigenvalue weighted by molar-refractivity contribution is -0.138. The molecule has 3 rings (SSSR count). The molecule has 1 atom stereocenters. The minimum absolute atomic E-state index is 0. The molecule has 1 N–H and O–H groups in total. The van der Waals surface area contributed by atoms with Crippen molar-refractivity contribution in [3.63, 3.8) is 0 Å². The van der Waals surface area contributed by atoms with Gasteiger partial charge in [-0.15, -0.1) is 36.6 Å². The summed E-state index contributed by atoms with van der Waals surface area (Å²) in [5, 5.41) is 3.23. The van der Waals surface area contributed by atoms with E-state index in [1.807, 2.05) is 9.80 Å². The first-order chi connectivity index (χ1) is 10.7. The number of amides is 2. The summed E-state index contributed by atoms with van der Waals surface area (Å²) in [6.07, 6.45) is 0. The summed E-state index contributed by atoms with van der Waals surface area (Å²) >= 11 is 1.77. The second kappa shape index (κ2) is 10.7. The first kappa shape index (κ1) is 21.8. The zero-order valence-electron chi connectivity index (χ0n) is 13.6. The van der Waals surface area contributed by atoms with Crippen LogP contribution in [0.15, 0.2) is 0 Å². The number of nitrogens with zero attached hydrogens (tertiary/aromatic N) is 3. The predicted octanol–water partition coefficient (Wildman–Crippen LogP) is -0.504. The van der Waals surface area contributed by atoms with E-state index in [1.165, 1.54) is 0 Å². The topological polar surface area (TPSA) is 65.1 Å². The maximum Gasteiger partial charge on any atom is 0.240 e. The smallest absolute Gasteiger partial charge is 0.240 e. The van der Waals surface area contributed by atoms with Gasteiger partial charge in [-0.2, -0.15) is 0 Å². The summed E-state index contributed by atoms with van der Waals surface area (Å²) in [5.74, 6) is 2.13. The standard InChI is InChI=1S/C14H24N4O3S.2ClH/c19-13(17-5-7-21-8-6-17)9-16-1-3-18(4-2-16)14(20)12-10-22-11-15-12;;/h12,15H,1-11H2;2*1H. The van der Waals surface area contributed by atoms with Crippen LogP contribution >= 0.6 is 36.6 Å². The number of carbonyl (C=O) groups excluding carboxylic acids is 2. The Morgan fingerprint density at radius 1 is 1.00 bits per heavy atom. The number of nitrogens with one attached hydrogen (secondary N) is 1. The molecule has 0 aromatic carbocycles. The van der Waals surface area contributed by atoms with Gasteiger partial charge in [0.25, 0.3) is 0 Å². The molecule has 10 heteroatoms. The van der Waals surface area contributed by atoms with Crippen LogP contribution in [-0.4, -0.2) is 103 Å². The Bertz CT molecular complexity index is 413. The third kappa shape index (κ3) is 5.64. The number of halogens is 2. The molecule has 7 nitrogen and oxygen atoms in total. The summed E-state index contributed by atoms with van der Waals surface area (Å²) in [6, 6.07) is -0.0217. The van der Waals surface area contributed by atoms with E-state index in [0.29, 0.717) is 32.8 Å². The molecule has 3 saturated heterocycles. The number of piperazine rings is 1. The quantitative estimate of drug-likeness (QED) is 0.688. The molecule has 0 aromatic heterocycles. The van der Waals surface area contributed by atoms with E-state index < -0.39 is 0 Å². The zero-order valence-corrected chi connectivity index (χ0v) is 16.1. The van der Waals surface area contributed by atoms with Gasteiger partial charge in [0.15, 0.2) is 0 Å².